The Morgan fingerprint density at radius 1 is 1.33 bits per heavy atom. The predicted molar refractivity (Wildman–Crippen MR) is 89.2 cm³/mol. The highest BCUT2D eigenvalue weighted by Gasteiger charge is 2.32. The molecule has 1 N–H and O–H groups in total. The van der Waals surface area contributed by atoms with E-state index < -0.39 is 0 Å². The second kappa shape index (κ2) is 6.37. The van der Waals surface area contributed by atoms with Gasteiger partial charge < -0.3 is 10.1 Å². The van der Waals surface area contributed by atoms with Crippen molar-refractivity contribution < 1.29 is 9.53 Å². The first-order valence-electron chi connectivity index (χ1n) is 8.42. The van der Waals surface area contributed by atoms with Crippen molar-refractivity contribution in [1.29, 1.82) is 0 Å². The van der Waals surface area contributed by atoms with Crippen LogP contribution < -0.4 is 5.32 Å². The van der Waals surface area contributed by atoms with E-state index in [1.807, 2.05) is 42.1 Å². The molecule has 6 heteroatoms. The Hall–Kier alpha value is -2.18. The number of ether oxygens (including phenoxy) is 1. The summed E-state index contributed by atoms with van der Waals surface area (Å²) in [4.78, 5) is 14.7. The van der Waals surface area contributed by atoms with Crippen LogP contribution in [-0.2, 0) is 36.2 Å². The average molecular weight is 326 g/mol. The molecule has 2 aliphatic heterocycles. The van der Waals surface area contributed by atoms with Crippen LogP contribution in [0.15, 0.2) is 30.3 Å². The number of nitrogens with zero attached hydrogens (tertiary/aromatic N) is 3. The molecule has 2 aromatic rings. The van der Waals surface area contributed by atoms with E-state index in [0.29, 0.717) is 19.7 Å². The molecule has 1 unspecified atom stereocenters. The van der Waals surface area contributed by atoms with Crippen LogP contribution in [0.4, 0.5) is 0 Å². The molecule has 4 rings (SSSR count). The molecule has 0 spiro atoms. The number of nitrogens with one attached hydrogen (secondary N) is 1. The van der Waals surface area contributed by atoms with Crippen molar-refractivity contribution in [2.45, 2.75) is 25.6 Å². The van der Waals surface area contributed by atoms with Gasteiger partial charge in [0.25, 0.3) is 0 Å². The summed E-state index contributed by atoms with van der Waals surface area (Å²) in [5.74, 6) is 0.0692. The number of fused-ring (bicyclic) bond motifs is 1. The number of amides is 1. The third-order valence-corrected chi connectivity index (χ3v) is 4.87. The zero-order chi connectivity index (χ0) is 16.5. The number of piperazine rings is 1. The third-order valence-electron chi connectivity index (χ3n) is 4.87. The molecule has 1 amide bonds. The summed E-state index contributed by atoms with van der Waals surface area (Å²) in [6.45, 7) is 3.57. The smallest absolute Gasteiger partial charge is 0.242 e. The molecule has 0 saturated carbocycles. The van der Waals surface area contributed by atoms with Crippen LogP contribution in [-0.4, -0.2) is 40.3 Å². The van der Waals surface area contributed by atoms with E-state index in [2.05, 4.69) is 15.3 Å². The van der Waals surface area contributed by atoms with Crippen LogP contribution in [0, 0.1) is 0 Å². The molecule has 24 heavy (non-hydrogen) atoms. The molecule has 1 aromatic carbocycles. The number of carbonyl (C=O) groups is 1. The van der Waals surface area contributed by atoms with Crippen molar-refractivity contribution >= 4 is 5.91 Å². The van der Waals surface area contributed by atoms with Crippen molar-refractivity contribution in [3.8, 4) is 0 Å². The van der Waals surface area contributed by atoms with Gasteiger partial charge in [-0.05, 0) is 5.56 Å². The fraction of sp³-hybridized carbons (Fsp3) is 0.444. The number of rotatable bonds is 3. The normalized spacial score (nSPS) is 21.4. The Bertz CT molecular complexity index is 741. The lowest BCUT2D eigenvalue weighted by atomic mass is 10.0. The quantitative estimate of drug-likeness (QED) is 0.920. The first-order valence-corrected chi connectivity index (χ1v) is 8.42. The largest absolute Gasteiger partial charge is 0.376 e. The van der Waals surface area contributed by atoms with Crippen LogP contribution in [0.3, 0.4) is 0 Å². The second-order valence-corrected chi connectivity index (χ2v) is 6.37. The first kappa shape index (κ1) is 15.4. The molecular weight excluding hydrogens is 304 g/mol. The third kappa shape index (κ3) is 2.72. The zero-order valence-electron chi connectivity index (χ0n) is 13.9. The lowest BCUT2D eigenvalue weighted by Gasteiger charge is -2.35. The minimum atomic E-state index is -0.255. The molecule has 6 nitrogen and oxygen atoms in total. The number of aromatic nitrogens is 2. The maximum Gasteiger partial charge on any atom is 0.242 e. The van der Waals surface area contributed by atoms with Crippen LogP contribution in [0.25, 0.3) is 0 Å². The highest BCUT2D eigenvalue weighted by molar-refractivity contribution is 5.83. The average Bonchev–Trinajstić information content (AvgIpc) is 2.92. The van der Waals surface area contributed by atoms with Crippen molar-refractivity contribution in [3.05, 3.63) is 52.8 Å². The van der Waals surface area contributed by atoms with Gasteiger partial charge in [-0.25, -0.2) is 0 Å². The zero-order valence-corrected chi connectivity index (χ0v) is 13.9. The SMILES string of the molecule is Cn1nc2c(c1CN1CCNC(=O)C1c1ccccc1)COCC2. The Labute approximate surface area is 141 Å². The molecule has 0 bridgehead atoms. The Morgan fingerprint density at radius 3 is 3.00 bits per heavy atom. The van der Waals surface area contributed by atoms with Crippen molar-refractivity contribution in [2.24, 2.45) is 7.05 Å². The summed E-state index contributed by atoms with van der Waals surface area (Å²) in [5.41, 5.74) is 4.51. The highest BCUT2D eigenvalue weighted by atomic mass is 16.5. The number of hydrogen-bond acceptors (Lipinski definition) is 4. The van der Waals surface area contributed by atoms with Gasteiger partial charge >= 0.3 is 0 Å². The summed E-state index contributed by atoms with van der Waals surface area (Å²) in [6, 6.07) is 9.72. The van der Waals surface area contributed by atoms with Crippen LogP contribution >= 0.6 is 0 Å². The molecule has 0 radical (unpaired) electrons. The van der Waals surface area contributed by atoms with Gasteiger partial charge in [0, 0.05) is 38.7 Å². The van der Waals surface area contributed by atoms with Crippen molar-refractivity contribution in [1.82, 2.24) is 20.0 Å². The van der Waals surface area contributed by atoms with E-state index in [9.17, 15) is 4.79 Å². The summed E-state index contributed by atoms with van der Waals surface area (Å²) < 4.78 is 7.57. The summed E-state index contributed by atoms with van der Waals surface area (Å²) in [5, 5.41) is 7.63. The van der Waals surface area contributed by atoms with Crippen molar-refractivity contribution in [2.75, 3.05) is 19.7 Å². The molecule has 1 saturated heterocycles. The van der Waals surface area contributed by atoms with E-state index in [0.717, 1.165) is 36.5 Å². The molecule has 3 heterocycles. The maximum absolute atomic E-state index is 12.5. The van der Waals surface area contributed by atoms with Gasteiger partial charge in [-0.2, -0.15) is 5.10 Å². The van der Waals surface area contributed by atoms with E-state index in [4.69, 9.17) is 4.74 Å². The van der Waals surface area contributed by atoms with E-state index in [1.54, 1.807) is 0 Å². The lowest BCUT2D eigenvalue weighted by Crippen LogP contribution is -2.49. The number of hydrogen-bond donors (Lipinski definition) is 1. The van der Waals surface area contributed by atoms with Crippen LogP contribution in [0.2, 0.25) is 0 Å². The molecular formula is C18H22N4O2. The van der Waals surface area contributed by atoms with E-state index in [-0.39, 0.29) is 11.9 Å². The van der Waals surface area contributed by atoms with Crippen molar-refractivity contribution in [3.63, 3.8) is 0 Å². The highest BCUT2D eigenvalue weighted by Crippen LogP contribution is 2.28. The Morgan fingerprint density at radius 2 is 2.17 bits per heavy atom. The van der Waals surface area contributed by atoms with Gasteiger partial charge in [0.15, 0.2) is 0 Å². The molecule has 1 atom stereocenters. The molecule has 1 fully saturated rings. The summed E-state index contributed by atoms with van der Waals surface area (Å²) in [7, 11) is 1.98. The summed E-state index contributed by atoms with van der Waals surface area (Å²) in [6.07, 6.45) is 0.867. The number of aryl methyl sites for hydroxylation is 1. The second-order valence-electron chi connectivity index (χ2n) is 6.37. The molecule has 126 valence electrons. The van der Waals surface area contributed by atoms with Crippen LogP contribution in [0.1, 0.15) is 28.6 Å². The van der Waals surface area contributed by atoms with Gasteiger partial charge in [0.05, 0.1) is 24.6 Å². The Balaban J connectivity index is 1.65. The minimum absolute atomic E-state index is 0.0692. The molecule has 0 aliphatic carbocycles. The first-order chi connectivity index (χ1) is 11.7. The maximum atomic E-state index is 12.5. The Kier molecular flexibility index (Phi) is 4.08. The van der Waals surface area contributed by atoms with Gasteiger partial charge in [-0.15, -0.1) is 0 Å². The lowest BCUT2D eigenvalue weighted by molar-refractivity contribution is -0.129. The fourth-order valence-corrected chi connectivity index (χ4v) is 3.65. The minimum Gasteiger partial charge on any atom is -0.376 e. The van der Waals surface area contributed by atoms with Gasteiger partial charge in [-0.3, -0.25) is 14.4 Å². The fourth-order valence-electron chi connectivity index (χ4n) is 3.65. The standard InChI is InChI=1S/C18H22N4O2/c1-21-16(14-12-24-10-7-15(14)20-21)11-22-9-8-19-18(23)17(22)13-5-3-2-4-6-13/h2-6,17H,7-12H2,1H3,(H,19,23). The molecule has 2 aliphatic rings. The molecule has 1 aromatic heterocycles. The monoisotopic (exact) mass is 326 g/mol. The predicted octanol–water partition coefficient (Wildman–Crippen LogP) is 1.17. The topological polar surface area (TPSA) is 59.4 Å². The van der Waals surface area contributed by atoms with E-state index >= 15 is 0 Å². The van der Waals surface area contributed by atoms with Gasteiger partial charge in [-0.1, -0.05) is 30.3 Å². The van der Waals surface area contributed by atoms with E-state index in [1.165, 1.54) is 5.56 Å². The van der Waals surface area contributed by atoms with Gasteiger partial charge in [0.1, 0.15) is 6.04 Å². The summed E-state index contributed by atoms with van der Waals surface area (Å²) >= 11 is 0. The van der Waals surface area contributed by atoms with Crippen LogP contribution in [0.5, 0.6) is 0 Å². The number of carbonyl (C=O) groups excluding carboxylic acids is 1. The number of benzene rings is 1. The van der Waals surface area contributed by atoms with Gasteiger partial charge in [0.2, 0.25) is 5.91 Å².